The van der Waals surface area contributed by atoms with E-state index in [2.05, 4.69) is 52.3 Å². The lowest BCUT2D eigenvalue weighted by atomic mass is 10.1. The van der Waals surface area contributed by atoms with E-state index in [0.717, 1.165) is 11.1 Å². The molecule has 34 heavy (non-hydrogen) atoms. The highest BCUT2D eigenvalue weighted by Gasteiger charge is 2.25. The molecule has 1 fully saturated rings. The zero-order chi connectivity index (χ0) is 23.9. The number of phenols is 1. The van der Waals surface area contributed by atoms with E-state index in [0.29, 0.717) is 31.6 Å². The number of nitrogens with zero attached hydrogens (tertiary/aromatic N) is 3. The number of rotatable bonds is 8. The van der Waals surface area contributed by atoms with Crippen LogP contribution in [-0.2, 0) is 22.6 Å². The van der Waals surface area contributed by atoms with E-state index in [9.17, 15) is 14.7 Å². The van der Waals surface area contributed by atoms with Crippen LogP contribution in [0, 0.1) is 0 Å². The van der Waals surface area contributed by atoms with Crippen LogP contribution < -0.4 is 5.43 Å². The molecule has 3 aromatic rings. The van der Waals surface area contributed by atoms with Crippen molar-refractivity contribution in [2.24, 2.45) is 5.10 Å². The number of hydrogen-bond donors (Lipinski definition) is 2. The fraction of sp³-hybridized carbons (Fsp3) is 0.222. The minimum Gasteiger partial charge on any atom is -0.507 e. The van der Waals surface area contributed by atoms with Gasteiger partial charge in [0.25, 0.3) is 5.91 Å². The van der Waals surface area contributed by atoms with E-state index in [-0.39, 0.29) is 30.7 Å². The molecule has 0 radical (unpaired) electrons. The summed E-state index contributed by atoms with van der Waals surface area (Å²) < 4.78 is 0. The summed E-state index contributed by atoms with van der Waals surface area (Å²) in [6, 6.07) is 19.9. The normalized spacial score (nSPS) is 14.6. The molecule has 3 aromatic carbocycles. The Labute approximate surface area is 199 Å². The van der Waals surface area contributed by atoms with Crippen LogP contribution in [-0.4, -0.2) is 59.1 Å². The molecule has 0 aliphatic carbocycles. The topological polar surface area (TPSA) is 85.2 Å². The highest BCUT2D eigenvalue weighted by Crippen LogP contribution is 2.21. The van der Waals surface area contributed by atoms with E-state index < -0.39 is 0 Å². The zero-order valence-electron chi connectivity index (χ0n) is 19.0. The summed E-state index contributed by atoms with van der Waals surface area (Å²) in [7, 11) is 0. The molecule has 1 aliphatic heterocycles. The number of allylic oxidation sites excluding steroid dienone is 1. The van der Waals surface area contributed by atoms with Gasteiger partial charge in [-0.25, -0.2) is 5.43 Å². The average molecular weight is 457 g/mol. The molecule has 1 aliphatic rings. The molecular weight excluding hydrogens is 428 g/mol. The van der Waals surface area contributed by atoms with E-state index in [4.69, 9.17) is 0 Å². The molecule has 2 amide bonds. The number of carbonyl (C=O) groups excluding carboxylic acids is 2. The highest BCUT2D eigenvalue weighted by atomic mass is 16.3. The lowest BCUT2D eigenvalue weighted by Crippen LogP contribution is -2.52. The van der Waals surface area contributed by atoms with Gasteiger partial charge < -0.3 is 10.0 Å². The van der Waals surface area contributed by atoms with Crippen LogP contribution in [0.3, 0.4) is 0 Å². The number of para-hydroxylation sites is 1. The summed E-state index contributed by atoms with van der Waals surface area (Å²) in [6.45, 7) is 5.75. The second-order valence-electron chi connectivity index (χ2n) is 8.35. The molecule has 7 nitrogen and oxygen atoms in total. The van der Waals surface area contributed by atoms with Crippen molar-refractivity contribution in [3.05, 3.63) is 90.0 Å². The Kier molecular flexibility index (Phi) is 7.34. The first kappa shape index (κ1) is 23.2. The first-order valence-electron chi connectivity index (χ1n) is 11.2. The van der Waals surface area contributed by atoms with Gasteiger partial charge in [0.15, 0.2) is 0 Å². The number of hydrazone groups is 1. The minimum atomic E-state index is -0.380. The third-order valence-corrected chi connectivity index (χ3v) is 5.86. The number of amides is 2. The summed E-state index contributed by atoms with van der Waals surface area (Å²) in [5.41, 5.74) is 4.83. The summed E-state index contributed by atoms with van der Waals surface area (Å²) in [5, 5.41) is 16.6. The molecule has 0 saturated carbocycles. The molecule has 0 aromatic heterocycles. The van der Waals surface area contributed by atoms with Gasteiger partial charge in [0.1, 0.15) is 12.3 Å². The molecule has 2 N–H and O–H groups in total. The van der Waals surface area contributed by atoms with Crippen molar-refractivity contribution in [3.8, 4) is 5.75 Å². The average Bonchev–Trinajstić information content (AvgIpc) is 2.83. The second kappa shape index (κ2) is 10.8. The minimum absolute atomic E-state index is 0.0531. The Bertz CT molecular complexity index is 1240. The lowest BCUT2D eigenvalue weighted by molar-refractivity contribution is -0.140. The second-order valence-corrected chi connectivity index (χ2v) is 8.35. The summed E-state index contributed by atoms with van der Waals surface area (Å²) >= 11 is 0. The smallest absolute Gasteiger partial charge is 0.259 e. The maximum atomic E-state index is 12.6. The first-order chi connectivity index (χ1) is 16.5. The Morgan fingerprint density at radius 2 is 1.91 bits per heavy atom. The molecule has 7 heteroatoms. The van der Waals surface area contributed by atoms with Gasteiger partial charge >= 0.3 is 0 Å². The Morgan fingerprint density at radius 1 is 1.09 bits per heavy atom. The van der Waals surface area contributed by atoms with Crippen molar-refractivity contribution in [2.45, 2.75) is 13.0 Å². The van der Waals surface area contributed by atoms with Gasteiger partial charge in [0.05, 0.1) is 12.8 Å². The summed E-state index contributed by atoms with van der Waals surface area (Å²) in [5.74, 6) is -0.353. The Morgan fingerprint density at radius 3 is 2.71 bits per heavy atom. The maximum absolute atomic E-state index is 12.6. The maximum Gasteiger partial charge on any atom is 0.259 e. The van der Waals surface area contributed by atoms with E-state index >= 15 is 0 Å². The van der Waals surface area contributed by atoms with Gasteiger partial charge in [-0.2, -0.15) is 5.10 Å². The van der Waals surface area contributed by atoms with Gasteiger partial charge in [0.2, 0.25) is 5.91 Å². The standard InChI is InChI=1S/C27H28N4O3/c1-2-6-22-9-5-10-24(27(22)34)16-28-29-25(32)18-31-14-13-30(19-26(31)33)17-20-11-12-21-7-3-4-8-23(21)15-20/h2-5,7-12,15-16,34H,1,6,13-14,17-19H2,(H,29,32)/b28-16+. The molecule has 1 saturated heterocycles. The molecule has 174 valence electrons. The van der Waals surface area contributed by atoms with Crippen molar-refractivity contribution in [1.29, 1.82) is 0 Å². The van der Waals surface area contributed by atoms with Crippen molar-refractivity contribution in [1.82, 2.24) is 15.2 Å². The molecule has 1 heterocycles. The molecule has 0 atom stereocenters. The number of hydrogen-bond acceptors (Lipinski definition) is 5. The molecular formula is C27H28N4O3. The van der Waals surface area contributed by atoms with Crippen molar-refractivity contribution < 1.29 is 14.7 Å². The fourth-order valence-electron chi connectivity index (χ4n) is 4.07. The molecule has 0 bridgehead atoms. The summed E-state index contributed by atoms with van der Waals surface area (Å²) in [4.78, 5) is 28.5. The van der Waals surface area contributed by atoms with Crippen LogP contribution in [0.25, 0.3) is 10.8 Å². The fourth-order valence-corrected chi connectivity index (χ4v) is 4.07. The number of carbonyl (C=O) groups is 2. The number of phenolic OH excluding ortho intramolecular Hbond substituents is 1. The number of nitrogens with one attached hydrogen (secondary N) is 1. The van der Waals surface area contributed by atoms with E-state index in [1.54, 1.807) is 29.2 Å². The van der Waals surface area contributed by atoms with Crippen LogP contribution in [0.5, 0.6) is 5.75 Å². The van der Waals surface area contributed by atoms with Crippen LogP contribution >= 0.6 is 0 Å². The number of benzene rings is 3. The van der Waals surface area contributed by atoms with Crippen LogP contribution in [0.1, 0.15) is 16.7 Å². The van der Waals surface area contributed by atoms with E-state index in [1.807, 2.05) is 12.1 Å². The first-order valence-corrected chi connectivity index (χ1v) is 11.2. The van der Waals surface area contributed by atoms with Gasteiger partial charge in [-0.3, -0.25) is 14.5 Å². The molecule has 0 unspecified atom stereocenters. The Balaban J connectivity index is 1.27. The zero-order valence-corrected chi connectivity index (χ0v) is 19.0. The van der Waals surface area contributed by atoms with Crippen molar-refractivity contribution in [3.63, 3.8) is 0 Å². The third kappa shape index (κ3) is 5.68. The molecule has 4 rings (SSSR count). The highest BCUT2D eigenvalue weighted by molar-refractivity contribution is 5.88. The lowest BCUT2D eigenvalue weighted by Gasteiger charge is -2.33. The quantitative estimate of drug-likeness (QED) is 0.310. The predicted octanol–water partition coefficient (Wildman–Crippen LogP) is 3.07. The number of aromatic hydroxyl groups is 1. The molecule has 0 spiro atoms. The monoisotopic (exact) mass is 456 g/mol. The Hall–Kier alpha value is -3.97. The van der Waals surface area contributed by atoms with Crippen molar-refractivity contribution in [2.75, 3.05) is 26.2 Å². The SMILES string of the molecule is C=CCc1cccc(/C=N/NC(=O)CN2CCN(Cc3ccc4ccccc4c3)CC2=O)c1O. The number of piperazine rings is 1. The van der Waals surface area contributed by atoms with Crippen LogP contribution in [0.15, 0.2) is 78.4 Å². The van der Waals surface area contributed by atoms with Gasteiger partial charge in [-0.15, -0.1) is 6.58 Å². The van der Waals surface area contributed by atoms with E-state index in [1.165, 1.54) is 17.0 Å². The van der Waals surface area contributed by atoms with Gasteiger partial charge in [-0.1, -0.05) is 54.6 Å². The largest absolute Gasteiger partial charge is 0.507 e. The summed E-state index contributed by atoms with van der Waals surface area (Å²) in [6.07, 6.45) is 3.63. The van der Waals surface area contributed by atoms with Crippen LogP contribution in [0.4, 0.5) is 0 Å². The van der Waals surface area contributed by atoms with Crippen LogP contribution in [0.2, 0.25) is 0 Å². The van der Waals surface area contributed by atoms with Gasteiger partial charge in [0, 0.05) is 25.2 Å². The van der Waals surface area contributed by atoms with Crippen molar-refractivity contribution >= 4 is 28.8 Å². The van der Waals surface area contributed by atoms with Gasteiger partial charge in [-0.05, 0) is 40.5 Å². The number of fused-ring (bicyclic) bond motifs is 1. The predicted molar refractivity (Wildman–Crippen MR) is 134 cm³/mol. The third-order valence-electron chi connectivity index (χ3n) is 5.86.